The standard InChI is InChI=1S/C21H19N5O/c22-21-24-18-12-26(11-17(18)19(25-21)14-7-4-8-23-10-14)20(27)16-9-15(16)13-5-2-1-3-6-13/h1-8,10,15-16H,9,11-12H2,(H2,22,24,25)/t15-,16+/m1/s1. The predicted molar refractivity (Wildman–Crippen MR) is 101 cm³/mol. The smallest absolute Gasteiger partial charge is 0.226 e. The molecule has 3 heterocycles. The van der Waals surface area contributed by atoms with Crippen LogP contribution in [0.25, 0.3) is 11.3 Å². The van der Waals surface area contributed by atoms with E-state index in [0.717, 1.165) is 28.9 Å². The maximum Gasteiger partial charge on any atom is 0.226 e. The third-order valence-corrected chi connectivity index (χ3v) is 5.38. The van der Waals surface area contributed by atoms with Crippen molar-refractivity contribution in [3.8, 4) is 11.3 Å². The Morgan fingerprint density at radius 3 is 2.70 bits per heavy atom. The van der Waals surface area contributed by atoms with Gasteiger partial charge in [-0.2, -0.15) is 0 Å². The minimum absolute atomic E-state index is 0.0638. The number of hydrogen-bond acceptors (Lipinski definition) is 5. The van der Waals surface area contributed by atoms with Crippen molar-refractivity contribution in [2.24, 2.45) is 5.92 Å². The topological polar surface area (TPSA) is 85.0 Å². The summed E-state index contributed by atoms with van der Waals surface area (Å²) in [6, 6.07) is 14.1. The number of hydrogen-bond donors (Lipinski definition) is 1. The van der Waals surface area contributed by atoms with E-state index in [1.165, 1.54) is 5.56 Å². The number of nitrogen functional groups attached to an aromatic ring is 1. The lowest BCUT2D eigenvalue weighted by Gasteiger charge is -2.15. The Labute approximate surface area is 157 Å². The average molecular weight is 357 g/mol. The van der Waals surface area contributed by atoms with Crippen LogP contribution in [0, 0.1) is 5.92 Å². The summed E-state index contributed by atoms with van der Waals surface area (Å²) in [5, 5.41) is 0. The highest BCUT2D eigenvalue weighted by Gasteiger charge is 2.46. The molecule has 27 heavy (non-hydrogen) atoms. The van der Waals surface area contributed by atoms with Gasteiger partial charge in [-0.05, 0) is 30.0 Å². The molecule has 1 saturated carbocycles. The molecule has 2 N–H and O–H groups in total. The fourth-order valence-corrected chi connectivity index (χ4v) is 3.94. The van der Waals surface area contributed by atoms with Crippen molar-refractivity contribution in [2.45, 2.75) is 25.4 Å². The molecule has 1 amide bonds. The zero-order chi connectivity index (χ0) is 18.4. The van der Waals surface area contributed by atoms with E-state index < -0.39 is 0 Å². The van der Waals surface area contributed by atoms with E-state index >= 15 is 0 Å². The molecule has 2 aliphatic rings. The molecule has 1 aliphatic heterocycles. The highest BCUT2D eigenvalue weighted by Crippen LogP contribution is 2.49. The molecule has 1 aliphatic carbocycles. The summed E-state index contributed by atoms with van der Waals surface area (Å²) in [5.74, 6) is 0.818. The van der Waals surface area contributed by atoms with Gasteiger partial charge in [0.25, 0.3) is 0 Å². The van der Waals surface area contributed by atoms with E-state index in [4.69, 9.17) is 5.73 Å². The number of fused-ring (bicyclic) bond motifs is 1. The molecule has 6 nitrogen and oxygen atoms in total. The molecule has 2 aromatic heterocycles. The Kier molecular flexibility index (Phi) is 3.63. The summed E-state index contributed by atoms with van der Waals surface area (Å²) in [6.45, 7) is 1.02. The molecule has 1 fully saturated rings. The number of carbonyl (C=O) groups is 1. The number of rotatable bonds is 3. The van der Waals surface area contributed by atoms with Crippen molar-refractivity contribution < 1.29 is 4.79 Å². The van der Waals surface area contributed by atoms with Crippen LogP contribution >= 0.6 is 0 Å². The summed E-state index contributed by atoms with van der Waals surface area (Å²) in [4.78, 5) is 27.9. The monoisotopic (exact) mass is 357 g/mol. The van der Waals surface area contributed by atoms with E-state index in [9.17, 15) is 4.79 Å². The summed E-state index contributed by atoms with van der Waals surface area (Å²) >= 11 is 0. The second-order valence-electron chi connectivity index (χ2n) is 7.15. The minimum Gasteiger partial charge on any atom is -0.368 e. The van der Waals surface area contributed by atoms with Crippen LogP contribution in [-0.2, 0) is 17.9 Å². The van der Waals surface area contributed by atoms with Gasteiger partial charge in [0.05, 0.1) is 24.5 Å². The number of carbonyl (C=O) groups excluding carboxylic acids is 1. The highest BCUT2D eigenvalue weighted by molar-refractivity contribution is 5.84. The van der Waals surface area contributed by atoms with Crippen molar-refractivity contribution in [2.75, 3.05) is 5.73 Å². The summed E-state index contributed by atoms with van der Waals surface area (Å²) in [7, 11) is 0. The normalized spacial score (nSPS) is 20.4. The van der Waals surface area contributed by atoms with Crippen molar-refractivity contribution in [3.05, 3.63) is 71.7 Å². The summed E-state index contributed by atoms with van der Waals surface area (Å²) in [6.07, 6.45) is 4.40. The first-order valence-electron chi connectivity index (χ1n) is 9.10. The molecule has 3 aromatic rings. The third-order valence-electron chi connectivity index (χ3n) is 5.38. The number of nitrogens with two attached hydrogens (primary N) is 1. The Morgan fingerprint density at radius 2 is 1.93 bits per heavy atom. The summed E-state index contributed by atoms with van der Waals surface area (Å²) in [5.41, 5.74) is 10.6. The van der Waals surface area contributed by atoms with Crippen molar-refractivity contribution in [3.63, 3.8) is 0 Å². The van der Waals surface area contributed by atoms with Gasteiger partial charge < -0.3 is 10.6 Å². The largest absolute Gasteiger partial charge is 0.368 e. The first-order valence-corrected chi connectivity index (χ1v) is 9.10. The van der Waals surface area contributed by atoms with Crippen molar-refractivity contribution in [1.82, 2.24) is 19.9 Å². The molecule has 6 heteroatoms. The van der Waals surface area contributed by atoms with Crippen molar-refractivity contribution in [1.29, 1.82) is 0 Å². The van der Waals surface area contributed by atoms with Crippen LogP contribution in [0.4, 0.5) is 5.95 Å². The molecule has 5 rings (SSSR count). The Balaban J connectivity index is 1.39. The zero-order valence-electron chi connectivity index (χ0n) is 14.7. The second kappa shape index (κ2) is 6.16. The highest BCUT2D eigenvalue weighted by atomic mass is 16.2. The van der Waals surface area contributed by atoms with Crippen LogP contribution in [-0.4, -0.2) is 25.8 Å². The number of aromatic nitrogens is 3. The predicted octanol–water partition coefficient (Wildman–Crippen LogP) is 2.77. The quantitative estimate of drug-likeness (QED) is 0.779. The number of nitrogens with zero attached hydrogens (tertiary/aromatic N) is 4. The van der Waals surface area contributed by atoms with Gasteiger partial charge in [0.15, 0.2) is 0 Å². The average Bonchev–Trinajstić information content (AvgIpc) is 3.40. The zero-order valence-corrected chi connectivity index (χ0v) is 14.7. The first-order chi connectivity index (χ1) is 13.2. The van der Waals surface area contributed by atoms with Gasteiger partial charge in [-0.1, -0.05) is 30.3 Å². The lowest BCUT2D eigenvalue weighted by atomic mass is 10.1. The van der Waals surface area contributed by atoms with E-state index in [1.54, 1.807) is 12.4 Å². The maximum atomic E-state index is 13.0. The second-order valence-corrected chi connectivity index (χ2v) is 7.15. The maximum absolute atomic E-state index is 13.0. The van der Waals surface area contributed by atoms with Gasteiger partial charge in [0.1, 0.15) is 0 Å². The van der Waals surface area contributed by atoms with E-state index in [-0.39, 0.29) is 17.8 Å². The van der Waals surface area contributed by atoms with Crippen LogP contribution in [0.15, 0.2) is 54.9 Å². The van der Waals surface area contributed by atoms with E-state index in [2.05, 4.69) is 27.1 Å². The first kappa shape index (κ1) is 15.9. The number of anilines is 1. The molecule has 134 valence electrons. The number of amides is 1. The Morgan fingerprint density at radius 1 is 1.07 bits per heavy atom. The van der Waals surface area contributed by atoms with Gasteiger partial charge in [-0.15, -0.1) is 0 Å². The molecule has 1 aromatic carbocycles. The molecule has 0 unspecified atom stereocenters. The lowest BCUT2D eigenvalue weighted by molar-refractivity contribution is -0.133. The van der Waals surface area contributed by atoms with Crippen LogP contribution in [0.5, 0.6) is 0 Å². The number of benzene rings is 1. The SMILES string of the molecule is Nc1nc2c(c(-c3cccnc3)n1)CN(C(=O)[C@H]1C[C@@H]1c1ccccc1)C2. The van der Waals surface area contributed by atoms with Gasteiger partial charge >= 0.3 is 0 Å². The Bertz CT molecular complexity index is 1010. The van der Waals surface area contributed by atoms with Crippen LogP contribution < -0.4 is 5.73 Å². The van der Waals surface area contributed by atoms with E-state index in [1.807, 2.05) is 35.2 Å². The van der Waals surface area contributed by atoms with Crippen LogP contribution in [0.1, 0.15) is 29.2 Å². The van der Waals surface area contributed by atoms with Crippen molar-refractivity contribution >= 4 is 11.9 Å². The third kappa shape index (κ3) is 2.83. The molecule has 0 radical (unpaired) electrons. The number of pyridine rings is 1. The Hall–Kier alpha value is -3.28. The molecule has 0 saturated heterocycles. The summed E-state index contributed by atoms with van der Waals surface area (Å²) < 4.78 is 0. The molecular weight excluding hydrogens is 338 g/mol. The lowest BCUT2D eigenvalue weighted by Crippen LogP contribution is -2.27. The van der Waals surface area contributed by atoms with Gasteiger partial charge in [-0.25, -0.2) is 9.97 Å². The molecule has 0 bridgehead atoms. The molecular formula is C21H19N5O. The fourth-order valence-electron chi connectivity index (χ4n) is 3.94. The van der Waals surface area contributed by atoms with E-state index in [0.29, 0.717) is 19.0 Å². The van der Waals surface area contributed by atoms with Gasteiger partial charge in [0.2, 0.25) is 11.9 Å². The van der Waals surface area contributed by atoms with Gasteiger partial charge in [0, 0.05) is 29.4 Å². The molecule has 2 atom stereocenters. The molecule has 0 spiro atoms. The minimum atomic E-state index is 0.0638. The van der Waals surface area contributed by atoms with Crippen LogP contribution in [0.3, 0.4) is 0 Å². The van der Waals surface area contributed by atoms with Gasteiger partial charge in [-0.3, -0.25) is 9.78 Å². The van der Waals surface area contributed by atoms with Crippen LogP contribution in [0.2, 0.25) is 0 Å². The fraction of sp³-hybridized carbons (Fsp3) is 0.238.